The highest BCUT2D eigenvalue weighted by molar-refractivity contribution is 6.01. The van der Waals surface area contributed by atoms with Gasteiger partial charge in [-0.2, -0.15) is 5.10 Å². The number of aliphatic carboxylic acids is 1. The van der Waals surface area contributed by atoms with Gasteiger partial charge in [-0.3, -0.25) is 14.4 Å². The molecule has 172 valence electrons. The van der Waals surface area contributed by atoms with Crippen molar-refractivity contribution in [2.75, 3.05) is 13.1 Å². The number of carbonyl (C=O) groups is 1. The van der Waals surface area contributed by atoms with Crippen LogP contribution < -0.4 is 0 Å². The molecule has 2 aliphatic rings. The maximum atomic E-state index is 13.2. The van der Waals surface area contributed by atoms with E-state index >= 15 is 0 Å². The monoisotopic (exact) mass is 442 g/mol. The van der Waals surface area contributed by atoms with Crippen LogP contribution in [0.15, 0.2) is 35.6 Å². The van der Waals surface area contributed by atoms with Gasteiger partial charge in [-0.15, -0.1) is 0 Å². The molecular formula is C24H31FN4O3. The number of nitrogens with zero attached hydrogens (tertiary/aromatic N) is 4. The third-order valence-electron chi connectivity index (χ3n) is 6.83. The number of aromatic nitrogens is 2. The lowest BCUT2D eigenvalue weighted by Crippen LogP contribution is -2.45. The normalized spacial score (nSPS) is 20.7. The molecule has 1 fully saturated rings. The number of carboxylic acids is 1. The summed E-state index contributed by atoms with van der Waals surface area (Å²) in [7, 11) is 0. The van der Waals surface area contributed by atoms with E-state index in [0.29, 0.717) is 25.7 Å². The Morgan fingerprint density at radius 1 is 1.28 bits per heavy atom. The highest BCUT2D eigenvalue weighted by Gasteiger charge is 2.45. The second kappa shape index (κ2) is 9.40. The molecule has 0 spiro atoms. The molecule has 7 nitrogen and oxygen atoms in total. The Labute approximate surface area is 187 Å². The average molecular weight is 443 g/mol. The number of aryl methyl sites for hydroxylation is 1. The molecule has 1 aromatic heterocycles. The molecule has 8 heteroatoms. The van der Waals surface area contributed by atoms with Crippen molar-refractivity contribution in [2.24, 2.45) is 10.6 Å². The number of carboxylic acid groups (broad SMARTS) is 1. The fourth-order valence-corrected chi connectivity index (χ4v) is 4.75. The van der Waals surface area contributed by atoms with Crippen molar-refractivity contribution in [1.82, 2.24) is 14.7 Å². The number of oxime groups is 1. The summed E-state index contributed by atoms with van der Waals surface area (Å²) in [4.78, 5) is 20.2. The van der Waals surface area contributed by atoms with E-state index in [0.717, 1.165) is 43.9 Å². The minimum atomic E-state index is -0.809. The molecule has 0 aliphatic carbocycles. The van der Waals surface area contributed by atoms with Crippen molar-refractivity contribution in [3.05, 3.63) is 53.1 Å². The fourth-order valence-electron chi connectivity index (χ4n) is 4.75. The number of halogens is 1. The van der Waals surface area contributed by atoms with Crippen LogP contribution in [0, 0.1) is 18.2 Å². The molecule has 0 radical (unpaired) electrons. The van der Waals surface area contributed by atoms with E-state index in [1.54, 1.807) is 12.1 Å². The highest BCUT2D eigenvalue weighted by atomic mass is 19.1. The first-order valence-corrected chi connectivity index (χ1v) is 11.4. The summed E-state index contributed by atoms with van der Waals surface area (Å²) in [6.45, 7) is 7.39. The molecule has 1 N–H and O–H groups in total. The van der Waals surface area contributed by atoms with Gasteiger partial charge in [0.15, 0.2) is 0 Å². The standard InChI is InChI=1S/C24H31FN4O3/c1-3-10-29-17(2)19(15-26-29)16-28-11-8-24(9-12-28,23(30)31)14-21-13-22(27-32-21)18-4-6-20(25)7-5-18/h4-7,15,21H,3,8-14,16H2,1-2H3,(H,30,31). The van der Waals surface area contributed by atoms with Crippen LogP contribution in [0.1, 0.15) is 55.8 Å². The van der Waals surface area contributed by atoms with E-state index in [1.807, 2.05) is 10.9 Å². The predicted molar refractivity (Wildman–Crippen MR) is 119 cm³/mol. The molecule has 1 aromatic carbocycles. The van der Waals surface area contributed by atoms with Gasteiger partial charge in [-0.05, 0) is 57.0 Å². The van der Waals surface area contributed by atoms with Crippen LogP contribution in [0.25, 0.3) is 0 Å². The molecule has 3 heterocycles. The Balaban J connectivity index is 1.34. The van der Waals surface area contributed by atoms with Crippen molar-refractivity contribution >= 4 is 11.7 Å². The SMILES string of the molecule is CCCn1ncc(CN2CCC(CC3CC(c4ccc(F)cc4)=NO3)(C(=O)O)CC2)c1C. The Bertz CT molecular complexity index is 978. The van der Waals surface area contributed by atoms with Crippen LogP contribution >= 0.6 is 0 Å². The van der Waals surface area contributed by atoms with E-state index in [-0.39, 0.29) is 11.9 Å². The number of rotatable bonds is 8. The summed E-state index contributed by atoms with van der Waals surface area (Å²) >= 11 is 0. The minimum absolute atomic E-state index is 0.271. The zero-order valence-corrected chi connectivity index (χ0v) is 18.8. The van der Waals surface area contributed by atoms with Gasteiger partial charge in [0, 0.05) is 37.2 Å². The third-order valence-corrected chi connectivity index (χ3v) is 6.83. The smallest absolute Gasteiger partial charge is 0.309 e. The van der Waals surface area contributed by atoms with Gasteiger partial charge in [-0.1, -0.05) is 24.2 Å². The molecular weight excluding hydrogens is 411 g/mol. The third kappa shape index (κ3) is 4.70. The first-order chi connectivity index (χ1) is 15.4. The quantitative estimate of drug-likeness (QED) is 0.669. The van der Waals surface area contributed by atoms with Gasteiger partial charge in [0.1, 0.15) is 11.9 Å². The zero-order chi connectivity index (χ0) is 22.7. The van der Waals surface area contributed by atoms with Gasteiger partial charge in [0.2, 0.25) is 0 Å². The van der Waals surface area contributed by atoms with E-state index in [1.165, 1.54) is 23.4 Å². The largest absolute Gasteiger partial charge is 0.481 e. The van der Waals surface area contributed by atoms with Crippen LogP contribution in [0.3, 0.4) is 0 Å². The topological polar surface area (TPSA) is 80.0 Å². The summed E-state index contributed by atoms with van der Waals surface area (Å²) < 4.78 is 15.2. The van der Waals surface area contributed by atoms with Crippen molar-refractivity contribution in [1.29, 1.82) is 0 Å². The van der Waals surface area contributed by atoms with Crippen LogP contribution in [-0.4, -0.2) is 50.7 Å². The predicted octanol–water partition coefficient (Wildman–Crippen LogP) is 3.99. The Kier molecular flexibility index (Phi) is 6.60. The lowest BCUT2D eigenvalue weighted by Gasteiger charge is -2.39. The minimum Gasteiger partial charge on any atom is -0.481 e. The molecule has 0 bridgehead atoms. The van der Waals surface area contributed by atoms with E-state index < -0.39 is 11.4 Å². The summed E-state index contributed by atoms with van der Waals surface area (Å²) in [5.41, 5.74) is 3.14. The molecule has 2 aliphatic heterocycles. The molecule has 1 atom stereocenters. The first kappa shape index (κ1) is 22.5. The van der Waals surface area contributed by atoms with Gasteiger partial charge in [0.05, 0.1) is 17.3 Å². The second-order valence-electron chi connectivity index (χ2n) is 9.02. The summed E-state index contributed by atoms with van der Waals surface area (Å²) in [6.07, 6.45) is 4.84. The summed E-state index contributed by atoms with van der Waals surface area (Å²) in [5, 5.41) is 18.7. The number of hydrogen-bond donors (Lipinski definition) is 1. The van der Waals surface area contributed by atoms with Crippen LogP contribution in [0.2, 0.25) is 0 Å². The van der Waals surface area contributed by atoms with Crippen LogP contribution in [0.5, 0.6) is 0 Å². The highest BCUT2D eigenvalue weighted by Crippen LogP contribution is 2.39. The molecule has 32 heavy (non-hydrogen) atoms. The lowest BCUT2D eigenvalue weighted by molar-refractivity contribution is -0.155. The number of likely N-dealkylation sites (tertiary alicyclic amines) is 1. The lowest BCUT2D eigenvalue weighted by atomic mass is 9.73. The summed E-state index contributed by atoms with van der Waals surface area (Å²) in [6, 6.07) is 6.15. The Hall–Kier alpha value is -2.74. The van der Waals surface area contributed by atoms with Gasteiger partial charge in [-0.25, -0.2) is 4.39 Å². The molecule has 1 unspecified atom stereocenters. The van der Waals surface area contributed by atoms with Crippen molar-refractivity contribution < 1.29 is 19.1 Å². The fraction of sp³-hybridized carbons (Fsp3) is 0.542. The van der Waals surface area contributed by atoms with Gasteiger partial charge < -0.3 is 9.94 Å². The van der Waals surface area contributed by atoms with E-state index in [2.05, 4.69) is 29.0 Å². The molecule has 2 aromatic rings. The molecule has 4 rings (SSSR count). The number of piperidine rings is 1. The van der Waals surface area contributed by atoms with E-state index in [4.69, 9.17) is 4.84 Å². The maximum Gasteiger partial charge on any atom is 0.309 e. The molecule has 0 amide bonds. The van der Waals surface area contributed by atoms with Crippen LogP contribution in [0.4, 0.5) is 4.39 Å². The number of hydrogen-bond acceptors (Lipinski definition) is 5. The Morgan fingerprint density at radius 2 is 2.00 bits per heavy atom. The Morgan fingerprint density at radius 3 is 2.66 bits per heavy atom. The summed E-state index contributed by atoms with van der Waals surface area (Å²) in [5.74, 6) is -1.06. The number of benzene rings is 1. The van der Waals surface area contributed by atoms with Crippen LogP contribution in [-0.2, 0) is 22.7 Å². The van der Waals surface area contributed by atoms with E-state index in [9.17, 15) is 14.3 Å². The van der Waals surface area contributed by atoms with Gasteiger partial charge in [0.25, 0.3) is 0 Å². The van der Waals surface area contributed by atoms with Crippen molar-refractivity contribution in [3.63, 3.8) is 0 Å². The van der Waals surface area contributed by atoms with Gasteiger partial charge >= 0.3 is 5.97 Å². The van der Waals surface area contributed by atoms with Crippen molar-refractivity contribution in [2.45, 2.75) is 65.1 Å². The first-order valence-electron chi connectivity index (χ1n) is 11.4. The molecule has 0 saturated carbocycles. The average Bonchev–Trinajstić information content (AvgIpc) is 3.38. The zero-order valence-electron chi connectivity index (χ0n) is 18.8. The molecule has 1 saturated heterocycles. The second-order valence-corrected chi connectivity index (χ2v) is 9.02. The van der Waals surface area contributed by atoms with Crippen molar-refractivity contribution in [3.8, 4) is 0 Å². The maximum absolute atomic E-state index is 13.2.